The molecule has 0 aromatic heterocycles. The van der Waals surface area contributed by atoms with Crippen LogP contribution in [0.3, 0.4) is 0 Å². The summed E-state index contributed by atoms with van der Waals surface area (Å²) in [6.07, 6.45) is 8.73. The van der Waals surface area contributed by atoms with Gasteiger partial charge >= 0.3 is 17.9 Å². The lowest BCUT2D eigenvalue weighted by molar-refractivity contribution is -0.137. The van der Waals surface area contributed by atoms with Crippen molar-refractivity contribution in [3.63, 3.8) is 0 Å². The number of para-hydroxylation sites is 1. The highest BCUT2D eigenvalue weighted by Crippen LogP contribution is 2.37. The van der Waals surface area contributed by atoms with Gasteiger partial charge in [-0.25, -0.2) is 14.4 Å². The van der Waals surface area contributed by atoms with E-state index < -0.39 is 11.9 Å². The van der Waals surface area contributed by atoms with E-state index in [1.807, 2.05) is 19.1 Å². The number of aliphatic carboxylic acids is 2. The highest BCUT2D eigenvalue weighted by Gasteiger charge is 2.20. The number of unbranched alkanes of at least 4 members (excludes halogenated alkanes) is 1. The molecule has 0 atom stereocenters. The normalized spacial score (nSPS) is 12.5. The number of likely N-dealkylation sites (N-methyl/N-ethyl adjacent to an activating group) is 1. The van der Waals surface area contributed by atoms with E-state index in [-0.39, 0.29) is 5.97 Å². The Morgan fingerprint density at radius 2 is 1.63 bits per heavy atom. The molecule has 2 aromatic rings. The predicted molar refractivity (Wildman–Crippen MR) is 149 cm³/mol. The lowest BCUT2D eigenvalue weighted by Gasteiger charge is -2.27. The van der Waals surface area contributed by atoms with Crippen LogP contribution >= 0.6 is 11.6 Å². The number of aryl methyl sites for hydroxylation is 2. The highest BCUT2D eigenvalue weighted by atomic mass is 35.5. The second kappa shape index (κ2) is 16.3. The number of fused-ring (bicyclic) bond motifs is 2. The molecule has 0 radical (unpaired) electrons. The van der Waals surface area contributed by atoms with Crippen LogP contribution < -0.4 is 4.90 Å². The maximum Gasteiger partial charge on any atom is 0.330 e. The lowest BCUT2D eigenvalue weighted by Crippen LogP contribution is -2.23. The second-order valence-electron chi connectivity index (χ2n) is 8.69. The van der Waals surface area contributed by atoms with Crippen LogP contribution in [0.5, 0.6) is 0 Å². The monoisotopic (exact) mass is 542 g/mol. The lowest BCUT2D eigenvalue weighted by atomic mass is 10.0. The van der Waals surface area contributed by atoms with E-state index in [0.29, 0.717) is 18.8 Å². The standard InChI is InChI=1S/C25H31ClN2O2.C4H4O4/c1-3-30-25(29)11-8-17-27(2)16-6-7-18-28-23-10-5-4-9-20(23)12-13-21-14-15-22(26)19-24(21)28;5-3(6)1-2-4(7)8/h4-5,8-11,14-15,19H,3,6-7,12-13,16-18H2,1-2H3;1-2H,(H,5,6)(H,7,8)/b11-8+;2-1-. The summed E-state index contributed by atoms with van der Waals surface area (Å²) in [6, 6.07) is 15.0. The number of rotatable bonds is 11. The van der Waals surface area contributed by atoms with Crippen molar-refractivity contribution in [1.82, 2.24) is 4.90 Å². The molecule has 204 valence electrons. The van der Waals surface area contributed by atoms with Crippen molar-refractivity contribution in [2.24, 2.45) is 0 Å². The smallest absolute Gasteiger partial charge is 0.330 e. The molecular formula is C29H35ClN2O6. The first-order chi connectivity index (χ1) is 18.2. The maximum absolute atomic E-state index is 11.4. The minimum Gasteiger partial charge on any atom is -0.478 e. The van der Waals surface area contributed by atoms with Gasteiger partial charge in [-0.1, -0.05) is 41.9 Å². The molecule has 8 nitrogen and oxygen atoms in total. The number of hydrogen-bond donors (Lipinski definition) is 2. The first kappa shape index (κ1) is 30.6. The largest absolute Gasteiger partial charge is 0.478 e. The van der Waals surface area contributed by atoms with Gasteiger partial charge < -0.3 is 24.7 Å². The van der Waals surface area contributed by atoms with Crippen LogP contribution in [0.15, 0.2) is 66.8 Å². The number of benzene rings is 2. The Morgan fingerprint density at radius 3 is 2.29 bits per heavy atom. The van der Waals surface area contributed by atoms with Crippen LogP contribution in [0.4, 0.5) is 11.4 Å². The van der Waals surface area contributed by atoms with Gasteiger partial charge in [0, 0.05) is 47.7 Å². The third-order valence-corrected chi connectivity index (χ3v) is 6.02. The summed E-state index contributed by atoms with van der Waals surface area (Å²) >= 11 is 6.34. The molecule has 0 spiro atoms. The van der Waals surface area contributed by atoms with Crippen LogP contribution in [0.1, 0.15) is 30.9 Å². The summed E-state index contributed by atoms with van der Waals surface area (Å²) in [7, 11) is 2.08. The van der Waals surface area contributed by atoms with Gasteiger partial charge in [0.15, 0.2) is 0 Å². The second-order valence-corrected chi connectivity index (χ2v) is 9.12. The quantitative estimate of drug-likeness (QED) is 0.229. The first-order valence-electron chi connectivity index (χ1n) is 12.5. The zero-order valence-electron chi connectivity index (χ0n) is 21.8. The zero-order valence-corrected chi connectivity index (χ0v) is 22.6. The van der Waals surface area contributed by atoms with Crippen LogP contribution in [-0.4, -0.2) is 66.3 Å². The molecule has 38 heavy (non-hydrogen) atoms. The van der Waals surface area contributed by atoms with E-state index in [0.717, 1.165) is 50.3 Å². The minimum atomic E-state index is -1.26. The predicted octanol–water partition coefficient (Wildman–Crippen LogP) is 5.12. The third kappa shape index (κ3) is 10.8. The topological polar surface area (TPSA) is 107 Å². The fourth-order valence-electron chi connectivity index (χ4n) is 4.03. The van der Waals surface area contributed by atoms with Gasteiger partial charge in [-0.3, -0.25) is 0 Å². The molecule has 9 heteroatoms. The SMILES string of the molecule is CCOC(=O)/C=C/CN(C)CCCCN1c2ccccc2CCc2ccc(Cl)cc21.O=C(O)/C=C\C(=O)O. The van der Waals surface area contributed by atoms with Crippen molar-refractivity contribution in [1.29, 1.82) is 0 Å². The summed E-state index contributed by atoms with van der Waals surface area (Å²) in [5, 5.41) is 16.4. The fraction of sp³-hybridized carbons (Fsp3) is 0.345. The molecule has 0 amide bonds. The number of halogens is 1. The minimum absolute atomic E-state index is 0.275. The maximum atomic E-state index is 11.4. The van der Waals surface area contributed by atoms with Crippen LogP contribution in [0, 0.1) is 0 Å². The van der Waals surface area contributed by atoms with Crippen molar-refractivity contribution in [3.05, 3.63) is 82.9 Å². The van der Waals surface area contributed by atoms with Gasteiger partial charge in [-0.2, -0.15) is 0 Å². The van der Waals surface area contributed by atoms with Crippen molar-refractivity contribution in [3.8, 4) is 0 Å². The number of nitrogens with zero attached hydrogens (tertiary/aromatic N) is 2. The Bertz CT molecular complexity index is 1130. The van der Waals surface area contributed by atoms with E-state index in [4.69, 9.17) is 26.6 Å². The Morgan fingerprint density at radius 1 is 0.974 bits per heavy atom. The molecule has 0 saturated heterocycles. The summed E-state index contributed by atoms with van der Waals surface area (Å²) in [6.45, 7) is 4.89. The summed E-state index contributed by atoms with van der Waals surface area (Å²) in [4.78, 5) is 35.1. The number of ether oxygens (including phenoxy) is 1. The molecular weight excluding hydrogens is 508 g/mol. The third-order valence-electron chi connectivity index (χ3n) is 5.78. The molecule has 2 N–H and O–H groups in total. The number of esters is 1. The van der Waals surface area contributed by atoms with E-state index >= 15 is 0 Å². The highest BCUT2D eigenvalue weighted by molar-refractivity contribution is 6.30. The van der Waals surface area contributed by atoms with Crippen LogP contribution in [-0.2, 0) is 32.0 Å². The van der Waals surface area contributed by atoms with Crippen LogP contribution in [0.2, 0.25) is 5.02 Å². The fourth-order valence-corrected chi connectivity index (χ4v) is 4.20. The van der Waals surface area contributed by atoms with Gasteiger partial charge in [0.25, 0.3) is 0 Å². The Hall–Kier alpha value is -3.62. The first-order valence-corrected chi connectivity index (χ1v) is 12.9. The van der Waals surface area contributed by atoms with E-state index in [1.165, 1.54) is 28.6 Å². The summed E-state index contributed by atoms with van der Waals surface area (Å²) in [5.41, 5.74) is 5.28. The molecule has 0 unspecified atom stereocenters. The van der Waals surface area contributed by atoms with Gasteiger partial charge in [0.2, 0.25) is 0 Å². The zero-order chi connectivity index (χ0) is 27.9. The molecule has 0 fully saturated rings. The molecule has 2 aromatic carbocycles. The van der Waals surface area contributed by atoms with Gasteiger partial charge in [0.1, 0.15) is 0 Å². The van der Waals surface area contributed by atoms with Crippen molar-refractivity contribution < 1.29 is 29.3 Å². The number of carboxylic acid groups (broad SMARTS) is 2. The molecule has 0 saturated carbocycles. The number of anilines is 2. The Balaban J connectivity index is 0.000000550. The molecule has 1 heterocycles. The van der Waals surface area contributed by atoms with E-state index in [1.54, 1.807) is 0 Å². The van der Waals surface area contributed by atoms with Gasteiger partial charge in [0.05, 0.1) is 6.61 Å². The Kier molecular flexibility index (Phi) is 13.1. The molecule has 1 aliphatic heterocycles. The van der Waals surface area contributed by atoms with Gasteiger partial charge in [-0.15, -0.1) is 0 Å². The number of carbonyl (C=O) groups excluding carboxylic acids is 1. The average molecular weight is 543 g/mol. The average Bonchev–Trinajstić information content (AvgIpc) is 3.02. The van der Waals surface area contributed by atoms with E-state index in [2.05, 4.69) is 53.2 Å². The van der Waals surface area contributed by atoms with Crippen molar-refractivity contribution >= 4 is 40.9 Å². The number of hydrogen-bond acceptors (Lipinski definition) is 6. The number of carboxylic acids is 2. The summed E-state index contributed by atoms with van der Waals surface area (Å²) < 4.78 is 4.91. The molecule has 0 aliphatic carbocycles. The van der Waals surface area contributed by atoms with Crippen molar-refractivity contribution in [2.75, 3.05) is 38.2 Å². The van der Waals surface area contributed by atoms with Crippen LogP contribution in [0.25, 0.3) is 0 Å². The van der Waals surface area contributed by atoms with Crippen molar-refractivity contribution in [2.45, 2.75) is 32.6 Å². The van der Waals surface area contributed by atoms with E-state index in [9.17, 15) is 14.4 Å². The molecule has 1 aliphatic rings. The van der Waals surface area contributed by atoms with Gasteiger partial charge in [-0.05, 0) is 75.5 Å². The molecule has 3 rings (SSSR count). The number of carbonyl (C=O) groups is 3. The molecule has 0 bridgehead atoms. The Labute approximate surface area is 228 Å². The summed E-state index contributed by atoms with van der Waals surface area (Å²) in [5.74, 6) is -2.79.